The van der Waals surface area contributed by atoms with Gasteiger partial charge in [0.15, 0.2) is 0 Å². The number of rotatable bonds is 3. The first kappa shape index (κ1) is 18.7. The van der Waals surface area contributed by atoms with Crippen molar-refractivity contribution in [2.75, 3.05) is 0 Å². The third-order valence-electron chi connectivity index (χ3n) is 2.31. The number of carbonyl (C=O) groups is 2. The van der Waals surface area contributed by atoms with Gasteiger partial charge in [-0.05, 0) is 54.4 Å². The van der Waals surface area contributed by atoms with E-state index in [1.165, 1.54) is 0 Å². The van der Waals surface area contributed by atoms with E-state index in [0.29, 0.717) is 11.1 Å². The van der Waals surface area contributed by atoms with Crippen molar-refractivity contribution < 1.29 is 19.1 Å². The second-order valence-corrected chi connectivity index (χ2v) is 7.20. The molecule has 0 heterocycles. The van der Waals surface area contributed by atoms with Crippen LogP contribution in [0.5, 0.6) is 0 Å². The molecule has 4 nitrogen and oxygen atoms in total. The molecule has 4 heteroatoms. The van der Waals surface area contributed by atoms with Crippen LogP contribution in [0.4, 0.5) is 0 Å². The molecule has 0 radical (unpaired) electrons. The van der Waals surface area contributed by atoms with Crippen molar-refractivity contribution in [3.8, 4) is 0 Å². The van der Waals surface area contributed by atoms with Crippen LogP contribution in [0.1, 0.15) is 62.3 Å². The predicted molar refractivity (Wildman–Crippen MR) is 79.2 cm³/mol. The van der Waals surface area contributed by atoms with Crippen LogP contribution in [0.3, 0.4) is 0 Å². The van der Waals surface area contributed by atoms with Crippen LogP contribution in [0.25, 0.3) is 0 Å². The summed E-state index contributed by atoms with van der Waals surface area (Å²) >= 11 is 0. The Hall–Kier alpha value is -1.32. The van der Waals surface area contributed by atoms with E-state index in [-0.39, 0.29) is 5.92 Å². The van der Waals surface area contributed by atoms with Gasteiger partial charge in [-0.3, -0.25) is 0 Å². The second-order valence-electron chi connectivity index (χ2n) is 7.20. The van der Waals surface area contributed by atoms with E-state index in [2.05, 4.69) is 0 Å². The Kier molecular flexibility index (Phi) is 6.00. The topological polar surface area (TPSA) is 52.6 Å². The van der Waals surface area contributed by atoms with Crippen molar-refractivity contribution in [1.82, 2.24) is 0 Å². The minimum Gasteiger partial charge on any atom is -0.457 e. The zero-order valence-corrected chi connectivity index (χ0v) is 14.2. The van der Waals surface area contributed by atoms with Crippen molar-refractivity contribution in [2.45, 2.75) is 73.5 Å². The van der Waals surface area contributed by atoms with E-state index in [9.17, 15) is 9.59 Å². The Morgan fingerprint density at radius 3 is 1.45 bits per heavy atom. The molecule has 0 aliphatic rings. The average molecular weight is 284 g/mol. The maximum atomic E-state index is 12.2. The normalized spacial score (nSPS) is 13.9. The quantitative estimate of drug-likeness (QED) is 0.586. The third-order valence-corrected chi connectivity index (χ3v) is 2.31. The molecule has 0 aromatic rings. The van der Waals surface area contributed by atoms with Gasteiger partial charge in [-0.25, -0.2) is 9.59 Å². The van der Waals surface area contributed by atoms with Crippen molar-refractivity contribution in [1.29, 1.82) is 0 Å². The molecule has 0 saturated heterocycles. The SMILES string of the molecule is C/C(C(=O)OC(C)(C)C)=C(\C(=O)OC(C)(C)C)C(C)C. The molecule has 0 saturated carbocycles. The summed E-state index contributed by atoms with van der Waals surface area (Å²) in [6, 6.07) is 0. The number of hydrogen-bond donors (Lipinski definition) is 0. The molecule has 0 N–H and O–H groups in total. The fourth-order valence-electron chi connectivity index (χ4n) is 1.62. The first-order chi connectivity index (χ1) is 8.74. The van der Waals surface area contributed by atoms with Crippen LogP contribution in [-0.2, 0) is 19.1 Å². The van der Waals surface area contributed by atoms with Gasteiger partial charge in [-0.15, -0.1) is 0 Å². The Labute approximate surface area is 122 Å². The molecule has 20 heavy (non-hydrogen) atoms. The third kappa shape index (κ3) is 6.73. The first-order valence-corrected chi connectivity index (χ1v) is 6.92. The summed E-state index contributed by atoms with van der Waals surface area (Å²) in [6.07, 6.45) is 0. The lowest BCUT2D eigenvalue weighted by atomic mass is 9.97. The van der Waals surface area contributed by atoms with Crippen molar-refractivity contribution in [3.05, 3.63) is 11.1 Å². The van der Waals surface area contributed by atoms with Crippen LogP contribution in [0, 0.1) is 5.92 Å². The molecule has 0 spiro atoms. The zero-order chi connectivity index (χ0) is 16.3. The van der Waals surface area contributed by atoms with E-state index >= 15 is 0 Å². The molecule has 0 rings (SSSR count). The maximum absolute atomic E-state index is 12.2. The van der Waals surface area contributed by atoms with E-state index in [1.807, 2.05) is 13.8 Å². The molecule has 0 aliphatic carbocycles. The first-order valence-electron chi connectivity index (χ1n) is 6.92. The Balaban J connectivity index is 5.39. The van der Waals surface area contributed by atoms with E-state index in [4.69, 9.17) is 9.47 Å². The second kappa shape index (κ2) is 6.42. The average Bonchev–Trinajstić information content (AvgIpc) is 2.10. The molecular formula is C16H28O4. The molecule has 0 fully saturated rings. The highest BCUT2D eigenvalue weighted by Crippen LogP contribution is 2.22. The highest BCUT2D eigenvalue weighted by atomic mass is 16.6. The summed E-state index contributed by atoms with van der Waals surface area (Å²) < 4.78 is 10.7. The molecule has 0 aliphatic heterocycles. The molecule has 0 unspecified atom stereocenters. The van der Waals surface area contributed by atoms with Gasteiger partial charge in [0.2, 0.25) is 0 Å². The summed E-state index contributed by atoms with van der Waals surface area (Å²) in [7, 11) is 0. The van der Waals surface area contributed by atoms with Gasteiger partial charge in [0.1, 0.15) is 11.2 Å². The highest BCUT2D eigenvalue weighted by Gasteiger charge is 2.28. The fraction of sp³-hybridized carbons (Fsp3) is 0.750. The van der Waals surface area contributed by atoms with Gasteiger partial charge in [0.25, 0.3) is 0 Å². The van der Waals surface area contributed by atoms with Gasteiger partial charge in [-0.2, -0.15) is 0 Å². The Morgan fingerprint density at radius 1 is 0.800 bits per heavy atom. The summed E-state index contributed by atoms with van der Waals surface area (Å²) in [6.45, 7) is 16.1. The largest absolute Gasteiger partial charge is 0.457 e. The van der Waals surface area contributed by atoms with Crippen molar-refractivity contribution >= 4 is 11.9 Å². The van der Waals surface area contributed by atoms with Gasteiger partial charge in [-0.1, -0.05) is 13.8 Å². The van der Waals surface area contributed by atoms with Crippen LogP contribution in [-0.4, -0.2) is 23.1 Å². The Bertz CT molecular complexity index is 403. The zero-order valence-electron chi connectivity index (χ0n) is 14.2. The van der Waals surface area contributed by atoms with Crippen LogP contribution in [0.2, 0.25) is 0 Å². The minimum atomic E-state index is -0.592. The lowest BCUT2D eigenvalue weighted by Gasteiger charge is -2.24. The van der Waals surface area contributed by atoms with Gasteiger partial charge >= 0.3 is 11.9 Å². The van der Waals surface area contributed by atoms with E-state index in [1.54, 1.807) is 48.5 Å². The van der Waals surface area contributed by atoms with Crippen LogP contribution < -0.4 is 0 Å². The number of esters is 2. The van der Waals surface area contributed by atoms with Gasteiger partial charge in [0, 0.05) is 11.1 Å². The number of carbonyl (C=O) groups excluding carboxylic acids is 2. The summed E-state index contributed by atoms with van der Waals surface area (Å²) in [5.41, 5.74) is -0.502. The molecule has 0 atom stereocenters. The summed E-state index contributed by atoms with van der Waals surface area (Å²) in [5, 5.41) is 0. The molecular weight excluding hydrogens is 256 g/mol. The number of ether oxygens (including phenoxy) is 2. The lowest BCUT2D eigenvalue weighted by Crippen LogP contribution is -2.29. The molecule has 0 amide bonds. The van der Waals surface area contributed by atoms with E-state index < -0.39 is 23.1 Å². The highest BCUT2D eigenvalue weighted by molar-refractivity contribution is 6.00. The predicted octanol–water partition coefficient (Wildman–Crippen LogP) is 3.64. The lowest BCUT2D eigenvalue weighted by molar-refractivity contribution is -0.154. The molecule has 0 aromatic carbocycles. The van der Waals surface area contributed by atoms with Crippen LogP contribution >= 0.6 is 0 Å². The summed E-state index contributed by atoms with van der Waals surface area (Å²) in [5.74, 6) is -1.06. The molecule has 0 aromatic heterocycles. The Morgan fingerprint density at radius 2 is 1.15 bits per heavy atom. The number of hydrogen-bond acceptors (Lipinski definition) is 4. The van der Waals surface area contributed by atoms with Crippen molar-refractivity contribution in [3.63, 3.8) is 0 Å². The van der Waals surface area contributed by atoms with Gasteiger partial charge < -0.3 is 9.47 Å². The smallest absolute Gasteiger partial charge is 0.335 e. The van der Waals surface area contributed by atoms with E-state index in [0.717, 1.165) is 0 Å². The van der Waals surface area contributed by atoms with Crippen LogP contribution in [0.15, 0.2) is 11.1 Å². The van der Waals surface area contributed by atoms with Gasteiger partial charge in [0.05, 0.1) is 0 Å². The van der Waals surface area contributed by atoms with Crippen molar-refractivity contribution in [2.24, 2.45) is 5.92 Å². The molecule has 116 valence electrons. The maximum Gasteiger partial charge on any atom is 0.335 e. The summed E-state index contributed by atoms with van der Waals surface area (Å²) in [4.78, 5) is 24.3. The fourth-order valence-corrected chi connectivity index (χ4v) is 1.62. The minimum absolute atomic E-state index is 0.114. The monoisotopic (exact) mass is 284 g/mol. The standard InChI is InChI=1S/C16H28O4/c1-10(2)12(14(18)20-16(7,8)9)11(3)13(17)19-15(4,5)6/h10H,1-9H3/b12-11+. The molecule has 0 bridgehead atoms.